The quantitative estimate of drug-likeness (QED) is 0.218. The number of aromatic nitrogens is 2. The van der Waals surface area contributed by atoms with Gasteiger partial charge in [0, 0.05) is 24.7 Å². The summed E-state index contributed by atoms with van der Waals surface area (Å²) in [5, 5.41) is 15.2. The number of carbonyl (C=O) groups is 3. The van der Waals surface area contributed by atoms with Gasteiger partial charge < -0.3 is 24.6 Å². The molecule has 0 spiro atoms. The Bertz CT molecular complexity index is 1260. The maximum Gasteiger partial charge on any atom is 0.412 e. The van der Waals surface area contributed by atoms with E-state index in [2.05, 4.69) is 15.6 Å². The molecule has 0 bridgehead atoms. The molecule has 3 rings (SSSR count). The van der Waals surface area contributed by atoms with Gasteiger partial charge in [0.1, 0.15) is 18.5 Å². The van der Waals surface area contributed by atoms with Crippen LogP contribution < -0.4 is 16.3 Å². The molecular formula is C28H36F2N4O8. The lowest BCUT2D eigenvalue weighted by Crippen LogP contribution is -2.42. The molecule has 0 unspecified atom stereocenters. The predicted molar refractivity (Wildman–Crippen MR) is 147 cm³/mol. The summed E-state index contributed by atoms with van der Waals surface area (Å²) >= 11 is 0. The topological polar surface area (TPSA) is 158 Å². The zero-order valence-electron chi connectivity index (χ0n) is 23.5. The van der Waals surface area contributed by atoms with Crippen LogP contribution in [0.2, 0.25) is 0 Å². The van der Waals surface area contributed by atoms with Crippen molar-refractivity contribution >= 4 is 29.5 Å². The first kappa shape index (κ1) is 32.6. The zero-order chi connectivity index (χ0) is 30.7. The number of nitrogens with zero attached hydrogens (tertiary/aromatic N) is 2. The minimum absolute atomic E-state index is 0.00741. The highest BCUT2D eigenvalue weighted by Crippen LogP contribution is 2.43. The molecule has 1 fully saturated rings. The van der Waals surface area contributed by atoms with Gasteiger partial charge in [0.2, 0.25) is 12.1 Å². The van der Waals surface area contributed by atoms with Crippen molar-refractivity contribution in [3.05, 3.63) is 53.1 Å². The molecule has 1 aliphatic heterocycles. The van der Waals surface area contributed by atoms with Crippen molar-refractivity contribution in [2.24, 2.45) is 5.92 Å². The number of aliphatic hydroxyl groups is 1. The number of amides is 2. The molecule has 3 atom stereocenters. The second-order valence-electron chi connectivity index (χ2n) is 10.3. The lowest BCUT2D eigenvalue weighted by Gasteiger charge is -2.23. The number of halogens is 2. The summed E-state index contributed by atoms with van der Waals surface area (Å²) in [4.78, 5) is 52.1. The standard InChI is InChI=1S/C28H36F2N4O8/c1-18(2)16-41-27(39)33-21-14-15-31-26(38)34(21)25-28(29,30)24(37)20(42-25)17-40-23(36)13-9-4-3-8-12-22(35)32-19-10-6-5-7-11-19/h5-7,10-11,14-15,18,20,24-25,37H,3-4,8-9,12-13,16-17H2,1-2H3,(H,32,35)(H,33,39)/t20-,24-,25-/m1/s1. The third-order valence-electron chi connectivity index (χ3n) is 6.28. The van der Waals surface area contributed by atoms with Crippen LogP contribution in [0.1, 0.15) is 58.6 Å². The van der Waals surface area contributed by atoms with Crippen LogP contribution in [0.3, 0.4) is 0 Å². The predicted octanol–water partition coefficient (Wildman–Crippen LogP) is 3.86. The molecule has 1 saturated heterocycles. The molecule has 0 radical (unpaired) electrons. The summed E-state index contributed by atoms with van der Waals surface area (Å²) in [5.41, 5.74) is -0.444. The molecule has 1 aromatic heterocycles. The van der Waals surface area contributed by atoms with Crippen LogP contribution in [0.15, 0.2) is 47.4 Å². The highest BCUT2D eigenvalue weighted by molar-refractivity contribution is 5.90. The van der Waals surface area contributed by atoms with Crippen molar-refractivity contribution in [1.82, 2.24) is 9.55 Å². The number of alkyl halides is 2. The Kier molecular flexibility index (Phi) is 11.9. The SMILES string of the molecule is CC(C)COC(=O)Nc1ccnc(=O)n1[C@@H]1O[C@H](COC(=O)CCCCCCC(=O)Nc2ccccc2)[C@@H](O)C1(F)F. The zero-order valence-corrected chi connectivity index (χ0v) is 23.5. The highest BCUT2D eigenvalue weighted by Gasteiger charge is 2.60. The van der Waals surface area contributed by atoms with Gasteiger partial charge in [0.05, 0.1) is 6.61 Å². The third kappa shape index (κ3) is 9.31. The van der Waals surface area contributed by atoms with Crippen molar-refractivity contribution in [2.75, 3.05) is 23.8 Å². The summed E-state index contributed by atoms with van der Waals surface area (Å²) in [5.74, 6) is -5.14. The van der Waals surface area contributed by atoms with E-state index in [0.717, 1.165) is 18.0 Å². The molecular weight excluding hydrogens is 558 g/mol. The summed E-state index contributed by atoms with van der Waals surface area (Å²) in [6, 6.07) is 10.2. The molecule has 1 aromatic carbocycles. The number of carbonyl (C=O) groups excluding carboxylic acids is 3. The van der Waals surface area contributed by atoms with E-state index in [-0.39, 0.29) is 30.7 Å². The van der Waals surface area contributed by atoms with Gasteiger partial charge in [-0.25, -0.2) is 19.1 Å². The third-order valence-corrected chi connectivity index (χ3v) is 6.28. The number of nitrogens with one attached hydrogen (secondary N) is 2. The van der Waals surface area contributed by atoms with Gasteiger partial charge in [-0.15, -0.1) is 0 Å². The van der Waals surface area contributed by atoms with Gasteiger partial charge >= 0.3 is 23.7 Å². The van der Waals surface area contributed by atoms with Gasteiger partial charge in [0.15, 0.2) is 6.10 Å². The summed E-state index contributed by atoms with van der Waals surface area (Å²) in [6.07, 6.45) is -3.58. The minimum atomic E-state index is -3.99. The first-order chi connectivity index (χ1) is 20.0. The second-order valence-corrected chi connectivity index (χ2v) is 10.3. The van der Waals surface area contributed by atoms with Gasteiger partial charge in [0.25, 0.3) is 0 Å². The molecule has 1 aliphatic rings. The first-order valence-electron chi connectivity index (χ1n) is 13.7. The molecule has 42 heavy (non-hydrogen) atoms. The maximum atomic E-state index is 15.0. The van der Waals surface area contributed by atoms with Crippen LogP contribution >= 0.6 is 0 Å². The highest BCUT2D eigenvalue weighted by atomic mass is 19.3. The van der Waals surface area contributed by atoms with Crippen molar-refractivity contribution in [1.29, 1.82) is 0 Å². The summed E-state index contributed by atoms with van der Waals surface area (Å²) in [7, 11) is 0. The fraction of sp³-hybridized carbons (Fsp3) is 0.536. The number of benzene rings is 1. The second kappa shape index (κ2) is 15.4. The number of anilines is 2. The van der Waals surface area contributed by atoms with Gasteiger partial charge in [-0.2, -0.15) is 8.78 Å². The number of hydrogen-bond acceptors (Lipinski definition) is 9. The number of unbranched alkanes of at least 4 members (excludes halogenated alkanes) is 3. The van der Waals surface area contributed by atoms with Gasteiger partial charge in [-0.1, -0.05) is 44.9 Å². The molecule has 2 amide bonds. The fourth-order valence-electron chi connectivity index (χ4n) is 4.12. The van der Waals surface area contributed by atoms with Crippen LogP contribution in [0.5, 0.6) is 0 Å². The molecule has 230 valence electrons. The Morgan fingerprint density at radius 1 is 1.05 bits per heavy atom. The largest absolute Gasteiger partial charge is 0.463 e. The van der Waals surface area contributed by atoms with Crippen molar-refractivity contribution in [2.45, 2.75) is 76.7 Å². The molecule has 2 aromatic rings. The van der Waals surface area contributed by atoms with Gasteiger partial charge in [-0.05, 0) is 37.0 Å². The van der Waals surface area contributed by atoms with Crippen molar-refractivity contribution in [3.63, 3.8) is 0 Å². The number of esters is 1. The molecule has 2 heterocycles. The molecule has 3 N–H and O–H groups in total. The van der Waals surface area contributed by atoms with Crippen LogP contribution in [0, 0.1) is 5.92 Å². The van der Waals surface area contributed by atoms with E-state index in [1.807, 2.05) is 18.2 Å². The maximum absolute atomic E-state index is 15.0. The number of hydrogen-bond donors (Lipinski definition) is 3. The Morgan fingerprint density at radius 2 is 1.74 bits per heavy atom. The molecule has 14 heteroatoms. The molecule has 0 saturated carbocycles. The van der Waals surface area contributed by atoms with Crippen LogP contribution in [-0.2, 0) is 23.8 Å². The Balaban J connectivity index is 1.45. The average Bonchev–Trinajstić information content (AvgIpc) is 3.16. The lowest BCUT2D eigenvalue weighted by molar-refractivity contribution is -0.150. The van der Waals surface area contributed by atoms with E-state index in [9.17, 15) is 24.3 Å². The van der Waals surface area contributed by atoms with Crippen LogP contribution in [0.25, 0.3) is 0 Å². The van der Waals surface area contributed by atoms with Crippen LogP contribution in [-0.4, -0.2) is 64.0 Å². The van der Waals surface area contributed by atoms with Crippen LogP contribution in [0.4, 0.5) is 25.1 Å². The molecule has 12 nitrogen and oxygen atoms in total. The van der Waals surface area contributed by atoms with E-state index in [1.54, 1.807) is 26.0 Å². The van der Waals surface area contributed by atoms with Gasteiger partial charge in [-0.3, -0.25) is 14.9 Å². The number of rotatable bonds is 14. The number of ether oxygens (including phenoxy) is 3. The van der Waals surface area contributed by atoms with E-state index in [0.29, 0.717) is 36.7 Å². The lowest BCUT2D eigenvalue weighted by atomic mass is 10.1. The summed E-state index contributed by atoms with van der Waals surface area (Å²) in [6.45, 7) is 2.97. The fourth-order valence-corrected chi connectivity index (χ4v) is 4.12. The van der Waals surface area contributed by atoms with Crippen molar-refractivity contribution < 1.29 is 42.5 Å². The first-order valence-corrected chi connectivity index (χ1v) is 13.7. The normalized spacial score (nSPS) is 19.3. The number of aliphatic hydroxyl groups excluding tert-OH is 1. The Labute approximate surface area is 241 Å². The number of para-hydroxylation sites is 1. The smallest absolute Gasteiger partial charge is 0.412 e. The van der Waals surface area contributed by atoms with Crippen molar-refractivity contribution in [3.8, 4) is 0 Å². The van der Waals surface area contributed by atoms with E-state index in [4.69, 9.17) is 14.2 Å². The summed E-state index contributed by atoms with van der Waals surface area (Å²) < 4.78 is 45.8. The Morgan fingerprint density at radius 3 is 2.43 bits per heavy atom. The Hall–Kier alpha value is -3.91. The monoisotopic (exact) mass is 594 g/mol. The van der Waals surface area contributed by atoms with E-state index < -0.39 is 48.7 Å². The minimum Gasteiger partial charge on any atom is -0.463 e. The molecule has 0 aliphatic carbocycles. The van der Waals surface area contributed by atoms with E-state index in [1.165, 1.54) is 0 Å². The van der Waals surface area contributed by atoms with E-state index >= 15 is 8.78 Å². The average molecular weight is 595 g/mol.